The molecule has 2 unspecified atom stereocenters. The number of para-hydroxylation sites is 1. The molecule has 4 amide bonds. The first-order chi connectivity index (χ1) is 15.7. The lowest BCUT2D eigenvalue weighted by Gasteiger charge is -2.29. The summed E-state index contributed by atoms with van der Waals surface area (Å²) in [7, 11) is 0. The standard InChI is InChI=1S/C23H20ClFN4O4/c24-14-3-1-2-13-19(14)27-22(33)23(13)18-17(15(28-23)8-9-16(26)30)20(31)29(21(18)32)10-11-4-6-12(25)7-5-11/h1-7,15,17-18,28H,8-10H2,(H2,26,30)(H,27,33)/t15?,17-,18+,23?/m0/s1. The normalized spacial score (nSPS) is 27.8. The van der Waals surface area contributed by atoms with Gasteiger partial charge in [-0.3, -0.25) is 29.4 Å². The molecule has 0 bridgehead atoms. The molecule has 1 spiro atoms. The van der Waals surface area contributed by atoms with Crippen molar-refractivity contribution in [2.45, 2.75) is 31.0 Å². The van der Waals surface area contributed by atoms with Crippen LogP contribution in [0.1, 0.15) is 24.0 Å². The van der Waals surface area contributed by atoms with E-state index in [2.05, 4.69) is 10.6 Å². The number of rotatable bonds is 5. The number of imide groups is 1. The number of carbonyl (C=O) groups excluding carboxylic acids is 4. The largest absolute Gasteiger partial charge is 0.370 e. The molecule has 2 aromatic rings. The average Bonchev–Trinajstić information content (AvgIpc) is 3.35. The summed E-state index contributed by atoms with van der Waals surface area (Å²) in [6.07, 6.45) is 0.172. The lowest BCUT2D eigenvalue weighted by atomic mass is 9.76. The number of anilines is 1. The van der Waals surface area contributed by atoms with E-state index in [4.69, 9.17) is 17.3 Å². The summed E-state index contributed by atoms with van der Waals surface area (Å²) >= 11 is 6.30. The Morgan fingerprint density at radius 2 is 1.85 bits per heavy atom. The number of nitrogens with one attached hydrogen (secondary N) is 2. The second-order valence-electron chi connectivity index (χ2n) is 8.57. The highest BCUT2D eigenvalue weighted by Crippen LogP contribution is 2.54. The Morgan fingerprint density at radius 1 is 1.12 bits per heavy atom. The van der Waals surface area contributed by atoms with Crippen molar-refractivity contribution in [1.82, 2.24) is 10.2 Å². The minimum absolute atomic E-state index is 0.0135. The molecule has 33 heavy (non-hydrogen) atoms. The first-order valence-corrected chi connectivity index (χ1v) is 10.9. The number of carbonyl (C=O) groups is 4. The predicted molar refractivity (Wildman–Crippen MR) is 116 cm³/mol. The molecule has 10 heteroatoms. The molecule has 4 N–H and O–H groups in total. The highest BCUT2D eigenvalue weighted by atomic mass is 35.5. The number of fused-ring (bicyclic) bond motifs is 4. The number of benzene rings is 2. The van der Waals surface area contributed by atoms with E-state index >= 15 is 0 Å². The van der Waals surface area contributed by atoms with E-state index in [0.717, 1.165) is 4.90 Å². The topological polar surface area (TPSA) is 122 Å². The van der Waals surface area contributed by atoms with E-state index < -0.39 is 52.9 Å². The van der Waals surface area contributed by atoms with Crippen molar-refractivity contribution in [2.24, 2.45) is 17.6 Å². The fourth-order valence-electron chi connectivity index (χ4n) is 5.33. The van der Waals surface area contributed by atoms with Gasteiger partial charge < -0.3 is 11.1 Å². The molecule has 170 valence electrons. The zero-order valence-electron chi connectivity index (χ0n) is 17.3. The molecule has 2 fully saturated rings. The Labute approximate surface area is 193 Å². The van der Waals surface area contributed by atoms with Crippen molar-refractivity contribution >= 4 is 40.9 Å². The van der Waals surface area contributed by atoms with Gasteiger partial charge in [-0.15, -0.1) is 0 Å². The third kappa shape index (κ3) is 3.14. The first-order valence-electron chi connectivity index (χ1n) is 10.5. The molecule has 8 nitrogen and oxygen atoms in total. The smallest absolute Gasteiger partial charge is 0.250 e. The summed E-state index contributed by atoms with van der Waals surface area (Å²) in [5.41, 5.74) is 5.28. The molecule has 0 aliphatic carbocycles. The number of amides is 4. The summed E-state index contributed by atoms with van der Waals surface area (Å²) in [5.74, 6) is -4.31. The summed E-state index contributed by atoms with van der Waals surface area (Å²) in [4.78, 5) is 53.0. The third-order valence-electron chi connectivity index (χ3n) is 6.75. The summed E-state index contributed by atoms with van der Waals surface area (Å²) < 4.78 is 13.3. The fourth-order valence-corrected chi connectivity index (χ4v) is 5.55. The van der Waals surface area contributed by atoms with E-state index in [1.165, 1.54) is 24.3 Å². The van der Waals surface area contributed by atoms with Gasteiger partial charge in [0.25, 0.3) is 0 Å². The quantitative estimate of drug-likeness (QED) is 0.574. The van der Waals surface area contributed by atoms with Crippen LogP contribution in [0.15, 0.2) is 42.5 Å². The Balaban J connectivity index is 1.58. The highest BCUT2D eigenvalue weighted by molar-refractivity contribution is 6.35. The van der Waals surface area contributed by atoms with Gasteiger partial charge in [-0.05, 0) is 30.2 Å². The predicted octanol–water partition coefficient (Wildman–Crippen LogP) is 1.67. The molecule has 3 aliphatic rings. The SMILES string of the molecule is NC(=O)CCC1NC2(C(=O)Nc3c(Cl)cccc32)[C@H]2C(=O)N(Cc3ccc(F)cc3)C(=O)[C@@H]12. The molecule has 3 aliphatic heterocycles. The van der Waals surface area contributed by atoms with Gasteiger partial charge in [0.2, 0.25) is 23.6 Å². The summed E-state index contributed by atoms with van der Waals surface area (Å²) in [6.45, 7) is -0.0480. The molecule has 5 rings (SSSR count). The van der Waals surface area contributed by atoms with Gasteiger partial charge in [0.05, 0.1) is 29.1 Å². The zero-order valence-corrected chi connectivity index (χ0v) is 18.1. The molecule has 4 atom stereocenters. The second-order valence-corrected chi connectivity index (χ2v) is 8.98. The van der Waals surface area contributed by atoms with Gasteiger partial charge in [0.1, 0.15) is 11.4 Å². The fraction of sp³-hybridized carbons (Fsp3) is 0.304. The van der Waals surface area contributed by atoms with Crippen molar-refractivity contribution in [3.63, 3.8) is 0 Å². The molecule has 2 aromatic carbocycles. The number of likely N-dealkylation sites (tertiary alicyclic amines) is 1. The molecule has 0 aromatic heterocycles. The Kier molecular flexibility index (Phi) is 4.98. The van der Waals surface area contributed by atoms with Crippen LogP contribution in [0.25, 0.3) is 0 Å². The number of nitrogens with two attached hydrogens (primary N) is 1. The van der Waals surface area contributed by atoms with Crippen LogP contribution in [-0.2, 0) is 31.3 Å². The van der Waals surface area contributed by atoms with E-state index in [0.29, 0.717) is 21.8 Å². The number of halogens is 2. The summed E-state index contributed by atoms with van der Waals surface area (Å²) in [6, 6.07) is 9.87. The molecular formula is C23H20ClFN4O4. The number of hydrogen-bond acceptors (Lipinski definition) is 5. The van der Waals surface area contributed by atoms with Gasteiger partial charge in [-0.2, -0.15) is 0 Å². The van der Waals surface area contributed by atoms with Crippen LogP contribution in [0.3, 0.4) is 0 Å². The van der Waals surface area contributed by atoms with Crippen LogP contribution in [-0.4, -0.2) is 34.6 Å². The van der Waals surface area contributed by atoms with Crippen LogP contribution in [0.5, 0.6) is 0 Å². The first kappa shape index (κ1) is 21.5. The van der Waals surface area contributed by atoms with Crippen LogP contribution in [0.2, 0.25) is 5.02 Å². The van der Waals surface area contributed by atoms with Gasteiger partial charge in [0, 0.05) is 18.0 Å². The van der Waals surface area contributed by atoms with Gasteiger partial charge in [-0.1, -0.05) is 35.9 Å². The van der Waals surface area contributed by atoms with Crippen LogP contribution < -0.4 is 16.4 Å². The number of hydrogen-bond donors (Lipinski definition) is 3. The van der Waals surface area contributed by atoms with Crippen molar-refractivity contribution in [3.05, 3.63) is 64.4 Å². The van der Waals surface area contributed by atoms with Crippen molar-refractivity contribution in [1.29, 1.82) is 0 Å². The molecule has 0 radical (unpaired) electrons. The lowest BCUT2D eigenvalue weighted by molar-refractivity contribution is -0.143. The van der Waals surface area contributed by atoms with Crippen molar-refractivity contribution in [2.75, 3.05) is 5.32 Å². The third-order valence-corrected chi connectivity index (χ3v) is 7.06. The van der Waals surface area contributed by atoms with Gasteiger partial charge >= 0.3 is 0 Å². The van der Waals surface area contributed by atoms with Crippen LogP contribution in [0.4, 0.5) is 10.1 Å². The Morgan fingerprint density at radius 3 is 2.55 bits per heavy atom. The highest BCUT2D eigenvalue weighted by Gasteiger charge is 2.70. The molecule has 3 heterocycles. The van der Waals surface area contributed by atoms with Crippen LogP contribution in [0, 0.1) is 17.7 Å². The van der Waals surface area contributed by atoms with Crippen molar-refractivity contribution in [3.8, 4) is 0 Å². The molecular weight excluding hydrogens is 451 g/mol. The van der Waals surface area contributed by atoms with Gasteiger partial charge in [-0.25, -0.2) is 4.39 Å². The number of primary amides is 1. The Bertz CT molecular complexity index is 1200. The monoisotopic (exact) mass is 470 g/mol. The van der Waals surface area contributed by atoms with Gasteiger partial charge in [0.15, 0.2) is 0 Å². The van der Waals surface area contributed by atoms with E-state index in [-0.39, 0.29) is 19.4 Å². The summed E-state index contributed by atoms with van der Waals surface area (Å²) in [5, 5.41) is 6.28. The maximum absolute atomic E-state index is 13.6. The molecule has 0 saturated carbocycles. The zero-order chi connectivity index (χ0) is 23.5. The Hall–Kier alpha value is -3.30. The maximum Gasteiger partial charge on any atom is 0.250 e. The maximum atomic E-state index is 13.6. The van der Waals surface area contributed by atoms with Crippen molar-refractivity contribution < 1.29 is 23.6 Å². The van der Waals surface area contributed by atoms with E-state index in [1.54, 1.807) is 18.2 Å². The second kappa shape index (κ2) is 7.64. The number of nitrogens with zero attached hydrogens (tertiary/aromatic N) is 1. The minimum Gasteiger partial charge on any atom is -0.370 e. The van der Waals surface area contributed by atoms with E-state index in [9.17, 15) is 23.6 Å². The molecule has 2 saturated heterocycles. The van der Waals surface area contributed by atoms with E-state index in [1.807, 2.05) is 0 Å². The average molecular weight is 471 g/mol. The van der Waals surface area contributed by atoms with Crippen LogP contribution >= 0.6 is 11.6 Å². The lowest BCUT2D eigenvalue weighted by Crippen LogP contribution is -2.53. The minimum atomic E-state index is -1.50.